The van der Waals surface area contributed by atoms with Crippen molar-refractivity contribution in [3.63, 3.8) is 0 Å². The minimum absolute atomic E-state index is 0.146. The van der Waals surface area contributed by atoms with Crippen LogP contribution in [0.4, 0.5) is 0 Å². The standard InChI is InChI=1S/C19H20N2O2S/c1-19(2,13-7-8-16-17(11-13)23-12-22-16)20-10-9-15-14-5-3-4-6-18(14)24-21-15/h3-8,11,20H,9-10,12H2,1-2H3. The summed E-state index contributed by atoms with van der Waals surface area (Å²) in [6.45, 7) is 5.55. The predicted octanol–water partition coefficient (Wildman–Crippen LogP) is 4.09. The van der Waals surface area contributed by atoms with E-state index >= 15 is 0 Å². The molecule has 1 aliphatic heterocycles. The van der Waals surface area contributed by atoms with Crippen LogP contribution in [0.25, 0.3) is 10.1 Å². The predicted molar refractivity (Wildman–Crippen MR) is 96.9 cm³/mol. The second kappa shape index (κ2) is 6.07. The van der Waals surface area contributed by atoms with Gasteiger partial charge in [0, 0.05) is 23.9 Å². The SMILES string of the molecule is CC(C)(NCCc1nsc2ccccc12)c1ccc2c(c1)OCO2. The molecule has 0 radical (unpaired) electrons. The Morgan fingerprint density at radius 3 is 2.88 bits per heavy atom. The zero-order valence-electron chi connectivity index (χ0n) is 13.8. The van der Waals surface area contributed by atoms with Gasteiger partial charge in [0.05, 0.1) is 10.4 Å². The average molecular weight is 340 g/mol. The third-order valence-corrected chi connectivity index (χ3v) is 5.34. The Kier molecular flexibility index (Phi) is 3.90. The lowest BCUT2D eigenvalue weighted by Gasteiger charge is -2.27. The monoisotopic (exact) mass is 340 g/mol. The van der Waals surface area contributed by atoms with Gasteiger partial charge >= 0.3 is 0 Å². The maximum atomic E-state index is 5.49. The Labute approximate surface area is 145 Å². The summed E-state index contributed by atoms with van der Waals surface area (Å²) >= 11 is 1.57. The molecule has 0 saturated carbocycles. The Morgan fingerprint density at radius 1 is 1.12 bits per heavy atom. The van der Waals surface area contributed by atoms with E-state index in [1.54, 1.807) is 11.5 Å². The van der Waals surface area contributed by atoms with Gasteiger partial charge in [-0.25, -0.2) is 0 Å². The molecule has 3 aromatic rings. The molecule has 124 valence electrons. The molecular weight excluding hydrogens is 320 g/mol. The molecule has 0 saturated heterocycles. The highest BCUT2D eigenvalue weighted by atomic mass is 32.1. The van der Waals surface area contributed by atoms with E-state index in [9.17, 15) is 0 Å². The molecule has 2 heterocycles. The van der Waals surface area contributed by atoms with Crippen molar-refractivity contribution in [1.82, 2.24) is 9.69 Å². The van der Waals surface area contributed by atoms with E-state index in [0.29, 0.717) is 6.79 Å². The number of ether oxygens (including phenoxy) is 2. The normalized spacial score (nSPS) is 13.6. The lowest BCUT2D eigenvalue weighted by molar-refractivity contribution is 0.174. The van der Waals surface area contributed by atoms with Crippen LogP contribution in [-0.2, 0) is 12.0 Å². The summed E-state index contributed by atoms with van der Waals surface area (Å²) in [6, 6.07) is 14.6. The van der Waals surface area contributed by atoms with Gasteiger partial charge in [0.15, 0.2) is 11.5 Å². The molecular formula is C19H20N2O2S. The van der Waals surface area contributed by atoms with Crippen LogP contribution in [0.5, 0.6) is 11.5 Å². The first-order valence-corrected chi connectivity index (χ1v) is 8.89. The van der Waals surface area contributed by atoms with Crippen LogP contribution in [0.3, 0.4) is 0 Å². The van der Waals surface area contributed by atoms with Crippen molar-refractivity contribution in [2.24, 2.45) is 0 Å². The minimum Gasteiger partial charge on any atom is -0.454 e. The highest BCUT2D eigenvalue weighted by Crippen LogP contribution is 2.35. The topological polar surface area (TPSA) is 43.4 Å². The number of rotatable bonds is 5. The molecule has 24 heavy (non-hydrogen) atoms. The number of nitrogens with zero attached hydrogens (tertiary/aromatic N) is 1. The number of fused-ring (bicyclic) bond motifs is 2. The molecule has 0 fully saturated rings. The Balaban J connectivity index is 1.44. The summed E-state index contributed by atoms with van der Waals surface area (Å²) in [4.78, 5) is 0. The third kappa shape index (κ3) is 2.85. The largest absolute Gasteiger partial charge is 0.454 e. The summed E-state index contributed by atoms with van der Waals surface area (Å²) in [5.74, 6) is 1.65. The summed E-state index contributed by atoms with van der Waals surface area (Å²) < 4.78 is 16.7. The smallest absolute Gasteiger partial charge is 0.231 e. The fourth-order valence-corrected chi connectivity index (χ4v) is 3.82. The van der Waals surface area contributed by atoms with Crippen molar-refractivity contribution in [3.8, 4) is 11.5 Å². The minimum atomic E-state index is -0.146. The lowest BCUT2D eigenvalue weighted by atomic mass is 9.93. The van der Waals surface area contributed by atoms with Crippen molar-refractivity contribution >= 4 is 21.6 Å². The van der Waals surface area contributed by atoms with Crippen LogP contribution < -0.4 is 14.8 Å². The van der Waals surface area contributed by atoms with Crippen molar-refractivity contribution in [3.05, 3.63) is 53.7 Å². The van der Waals surface area contributed by atoms with E-state index in [1.807, 2.05) is 6.07 Å². The van der Waals surface area contributed by atoms with Crippen molar-refractivity contribution in [2.75, 3.05) is 13.3 Å². The van der Waals surface area contributed by atoms with Gasteiger partial charge < -0.3 is 14.8 Å². The summed E-state index contributed by atoms with van der Waals surface area (Å²) in [5.41, 5.74) is 2.21. The van der Waals surface area contributed by atoms with Crippen LogP contribution in [-0.4, -0.2) is 17.7 Å². The van der Waals surface area contributed by atoms with Gasteiger partial charge in [0.25, 0.3) is 0 Å². The molecule has 0 spiro atoms. The molecule has 1 aromatic heterocycles. The number of benzene rings is 2. The van der Waals surface area contributed by atoms with E-state index in [1.165, 1.54) is 21.3 Å². The van der Waals surface area contributed by atoms with E-state index in [-0.39, 0.29) is 5.54 Å². The molecule has 0 unspecified atom stereocenters. The van der Waals surface area contributed by atoms with Crippen LogP contribution in [0.1, 0.15) is 25.1 Å². The molecule has 2 aromatic carbocycles. The van der Waals surface area contributed by atoms with Gasteiger partial charge in [-0.3, -0.25) is 0 Å². The van der Waals surface area contributed by atoms with E-state index in [2.05, 4.69) is 59.9 Å². The van der Waals surface area contributed by atoms with Crippen molar-refractivity contribution < 1.29 is 9.47 Å². The van der Waals surface area contributed by atoms with Gasteiger partial charge in [-0.2, -0.15) is 4.37 Å². The molecule has 1 N–H and O–H groups in total. The van der Waals surface area contributed by atoms with Crippen LogP contribution in [0, 0.1) is 0 Å². The van der Waals surface area contributed by atoms with Gasteiger partial charge in [-0.05, 0) is 49.1 Å². The average Bonchev–Trinajstić information content (AvgIpc) is 3.21. The highest BCUT2D eigenvalue weighted by Gasteiger charge is 2.23. The molecule has 1 aliphatic rings. The second-order valence-electron chi connectivity index (χ2n) is 6.50. The first kappa shape index (κ1) is 15.4. The van der Waals surface area contributed by atoms with Gasteiger partial charge in [0.1, 0.15) is 0 Å². The maximum absolute atomic E-state index is 5.49. The summed E-state index contributed by atoms with van der Waals surface area (Å²) in [7, 11) is 0. The fourth-order valence-electron chi connectivity index (χ4n) is 3.00. The first-order valence-electron chi connectivity index (χ1n) is 8.12. The van der Waals surface area contributed by atoms with E-state index < -0.39 is 0 Å². The van der Waals surface area contributed by atoms with Gasteiger partial charge in [0.2, 0.25) is 6.79 Å². The molecule has 5 heteroatoms. The molecule has 0 atom stereocenters. The van der Waals surface area contributed by atoms with E-state index in [0.717, 1.165) is 24.5 Å². The number of hydrogen-bond donors (Lipinski definition) is 1. The van der Waals surface area contributed by atoms with Crippen molar-refractivity contribution in [2.45, 2.75) is 25.8 Å². The van der Waals surface area contributed by atoms with Crippen LogP contribution in [0.2, 0.25) is 0 Å². The maximum Gasteiger partial charge on any atom is 0.231 e. The highest BCUT2D eigenvalue weighted by molar-refractivity contribution is 7.13. The number of hydrogen-bond acceptors (Lipinski definition) is 5. The zero-order valence-corrected chi connectivity index (χ0v) is 14.7. The third-order valence-electron chi connectivity index (χ3n) is 4.48. The Hall–Kier alpha value is -2.11. The lowest BCUT2D eigenvalue weighted by Crippen LogP contribution is -2.37. The van der Waals surface area contributed by atoms with E-state index in [4.69, 9.17) is 9.47 Å². The first-order chi connectivity index (χ1) is 11.6. The summed E-state index contributed by atoms with van der Waals surface area (Å²) in [6.07, 6.45) is 0.915. The summed E-state index contributed by atoms with van der Waals surface area (Å²) in [5, 5.41) is 4.91. The van der Waals surface area contributed by atoms with Gasteiger partial charge in [-0.1, -0.05) is 24.3 Å². The fraction of sp³-hybridized carbons (Fsp3) is 0.316. The Bertz CT molecular complexity index is 873. The molecule has 4 nitrogen and oxygen atoms in total. The quantitative estimate of drug-likeness (QED) is 0.760. The Morgan fingerprint density at radius 2 is 1.96 bits per heavy atom. The second-order valence-corrected chi connectivity index (χ2v) is 7.30. The van der Waals surface area contributed by atoms with Crippen molar-refractivity contribution in [1.29, 1.82) is 0 Å². The van der Waals surface area contributed by atoms with Crippen LogP contribution >= 0.6 is 11.5 Å². The molecule has 4 rings (SSSR count). The molecule has 0 aliphatic carbocycles. The number of nitrogens with one attached hydrogen (secondary N) is 1. The molecule has 0 amide bonds. The molecule has 0 bridgehead atoms. The number of aromatic nitrogens is 1. The van der Waals surface area contributed by atoms with Gasteiger partial charge in [-0.15, -0.1) is 0 Å². The zero-order chi connectivity index (χ0) is 16.6. The van der Waals surface area contributed by atoms with Crippen LogP contribution in [0.15, 0.2) is 42.5 Å².